The highest BCUT2D eigenvalue weighted by atomic mass is 16.5. The maximum absolute atomic E-state index is 9.38. The number of aryl methyl sites for hydroxylation is 1. The van der Waals surface area contributed by atoms with Gasteiger partial charge in [0.25, 0.3) is 0 Å². The summed E-state index contributed by atoms with van der Waals surface area (Å²) in [5.74, 6) is 2.65. The molecule has 164 valence electrons. The number of nitrogens with two attached hydrogens (primary N) is 1. The Morgan fingerprint density at radius 3 is 2.50 bits per heavy atom. The summed E-state index contributed by atoms with van der Waals surface area (Å²) in [6.45, 7) is 3.10. The molecule has 0 unspecified atom stereocenters. The van der Waals surface area contributed by atoms with Crippen LogP contribution in [0.4, 0.5) is 0 Å². The number of nitrogens with zero attached hydrogens (tertiary/aromatic N) is 3. The second-order valence-corrected chi connectivity index (χ2v) is 8.21. The molecule has 6 heteroatoms. The Morgan fingerprint density at radius 1 is 1.03 bits per heavy atom. The number of hydrogen-bond donors (Lipinski definition) is 1. The van der Waals surface area contributed by atoms with Crippen LogP contribution in [0.1, 0.15) is 42.6 Å². The van der Waals surface area contributed by atoms with E-state index >= 15 is 0 Å². The van der Waals surface area contributed by atoms with Gasteiger partial charge in [0, 0.05) is 5.56 Å². The van der Waals surface area contributed by atoms with Crippen molar-refractivity contribution < 1.29 is 9.47 Å². The Kier molecular flexibility index (Phi) is 6.98. The molecule has 2 N–H and O–H groups in total. The normalized spacial score (nSPS) is 13.7. The van der Waals surface area contributed by atoms with Crippen LogP contribution >= 0.6 is 0 Å². The Hall–Kier alpha value is -3.43. The lowest BCUT2D eigenvalue weighted by atomic mass is 10.0. The van der Waals surface area contributed by atoms with Crippen LogP contribution in [0.2, 0.25) is 0 Å². The predicted octanol–water partition coefficient (Wildman–Crippen LogP) is 5.19. The van der Waals surface area contributed by atoms with Crippen LogP contribution in [0.5, 0.6) is 17.5 Å². The van der Waals surface area contributed by atoms with Gasteiger partial charge in [-0.15, -0.1) is 0 Å². The summed E-state index contributed by atoms with van der Waals surface area (Å²) < 4.78 is 12.1. The summed E-state index contributed by atoms with van der Waals surface area (Å²) >= 11 is 0. The minimum atomic E-state index is 0.398. The first kappa shape index (κ1) is 21.8. The third-order valence-electron chi connectivity index (χ3n) is 5.76. The molecule has 0 amide bonds. The Labute approximate surface area is 189 Å². The van der Waals surface area contributed by atoms with E-state index in [1.807, 2.05) is 25.1 Å². The maximum Gasteiger partial charge on any atom is 0.226 e. The number of ether oxygens (including phenoxy) is 2. The van der Waals surface area contributed by atoms with Gasteiger partial charge in [0.2, 0.25) is 11.8 Å². The minimum Gasteiger partial charge on any atom is -0.477 e. The first-order valence-electron chi connectivity index (χ1n) is 11.1. The van der Waals surface area contributed by atoms with Crippen LogP contribution in [-0.4, -0.2) is 23.1 Å². The molecule has 1 aromatic heterocycles. The number of hydrogen-bond acceptors (Lipinski definition) is 6. The summed E-state index contributed by atoms with van der Waals surface area (Å²) in [6.07, 6.45) is 5.80. The summed E-state index contributed by atoms with van der Waals surface area (Å²) in [5.41, 5.74) is 9.24. The summed E-state index contributed by atoms with van der Waals surface area (Å²) in [4.78, 5) is 8.83. The Balaban J connectivity index is 1.59. The zero-order chi connectivity index (χ0) is 22.3. The van der Waals surface area contributed by atoms with Crippen molar-refractivity contribution in [1.82, 2.24) is 9.97 Å². The Morgan fingerprint density at radius 2 is 1.78 bits per heavy atom. The van der Waals surface area contributed by atoms with Gasteiger partial charge in [-0.05, 0) is 68.0 Å². The van der Waals surface area contributed by atoms with E-state index in [1.165, 1.54) is 31.2 Å². The van der Waals surface area contributed by atoms with E-state index in [1.54, 1.807) is 18.2 Å². The van der Waals surface area contributed by atoms with Crippen LogP contribution in [0.15, 0.2) is 48.5 Å². The van der Waals surface area contributed by atoms with Crippen molar-refractivity contribution in [1.29, 1.82) is 5.26 Å². The van der Waals surface area contributed by atoms with Crippen LogP contribution in [0.25, 0.3) is 11.1 Å². The molecule has 1 fully saturated rings. The third kappa shape index (κ3) is 5.43. The molecular weight excluding hydrogens is 400 g/mol. The van der Waals surface area contributed by atoms with E-state index in [4.69, 9.17) is 15.2 Å². The highest BCUT2D eigenvalue weighted by Gasteiger charge is 2.17. The van der Waals surface area contributed by atoms with Gasteiger partial charge < -0.3 is 15.2 Å². The average Bonchev–Trinajstić information content (AvgIpc) is 3.32. The number of rotatable bonds is 8. The fourth-order valence-corrected chi connectivity index (χ4v) is 4.07. The Bertz CT molecular complexity index is 1100. The highest BCUT2D eigenvalue weighted by molar-refractivity contribution is 5.72. The molecule has 1 aliphatic carbocycles. The second kappa shape index (κ2) is 10.3. The third-order valence-corrected chi connectivity index (χ3v) is 5.76. The number of aromatic nitrogens is 2. The fraction of sp³-hybridized carbons (Fsp3) is 0.346. The molecule has 0 spiro atoms. The molecule has 1 saturated carbocycles. The first-order valence-corrected chi connectivity index (χ1v) is 11.1. The molecule has 2 aromatic carbocycles. The van der Waals surface area contributed by atoms with E-state index in [-0.39, 0.29) is 0 Å². The monoisotopic (exact) mass is 428 g/mol. The SMILES string of the molecule is Cc1nc(OCC2CCCC2)cc(Oc2cc(C#N)ccc2-c2ccc(CCN)cc2)n1. The van der Waals surface area contributed by atoms with Gasteiger partial charge in [-0.1, -0.05) is 37.1 Å². The molecule has 4 rings (SSSR count). The van der Waals surface area contributed by atoms with Crippen molar-refractivity contribution in [3.8, 4) is 34.7 Å². The molecule has 0 saturated heterocycles. The fourth-order valence-electron chi connectivity index (χ4n) is 4.07. The van der Waals surface area contributed by atoms with Crippen molar-refractivity contribution in [3.05, 3.63) is 65.5 Å². The quantitative estimate of drug-likeness (QED) is 0.531. The van der Waals surface area contributed by atoms with Gasteiger partial charge in [-0.3, -0.25) is 0 Å². The molecule has 0 bridgehead atoms. The van der Waals surface area contributed by atoms with Gasteiger partial charge in [0.05, 0.1) is 24.3 Å². The van der Waals surface area contributed by atoms with Crippen LogP contribution in [-0.2, 0) is 6.42 Å². The molecule has 3 aromatic rings. The zero-order valence-electron chi connectivity index (χ0n) is 18.4. The lowest BCUT2D eigenvalue weighted by Crippen LogP contribution is -2.09. The number of benzene rings is 2. The lowest BCUT2D eigenvalue weighted by molar-refractivity contribution is 0.241. The largest absolute Gasteiger partial charge is 0.477 e. The van der Waals surface area contributed by atoms with E-state index < -0.39 is 0 Å². The molecule has 1 heterocycles. The van der Waals surface area contributed by atoms with Crippen molar-refractivity contribution in [2.75, 3.05) is 13.2 Å². The van der Waals surface area contributed by atoms with Gasteiger partial charge in [0.15, 0.2) is 0 Å². The molecule has 0 atom stereocenters. The van der Waals surface area contributed by atoms with Crippen molar-refractivity contribution >= 4 is 0 Å². The van der Waals surface area contributed by atoms with E-state index in [0.717, 1.165) is 17.5 Å². The van der Waals surface area contributed by atoms with Gasteiger partial charge in [-0.2, -0.15) is 15.2 Å². The molecular formula is C26H28N4O2. The van der Waals surface area contributed by atoms with E-state index in [9.17, 15) is 5.26 Å². The zero-order valence-corrected chi connectivity index (χ0v) is 18.4. The predicted molar refractivity (Wildman–Crippen MR) is 124 cm³/mol. The van der Waals surface area contributed by atoms with Crippen molar-refractivity contribution in [3.63, 3.8) is 0 Å². The number of nitriles is 1. The highest BCUT2D eigenvalue weighted by Crippen LogP contribution is 2.35. The summed E-state index contributed by atoms with van der Waals surface area (Å²) in [6, 6.07) is 17.5. The first-order chi connectivity index (χ1) is 15.6. The van der Waals surface area contributed by atoms with Crippen LogP contribution in [0, 0.1) is 24.2 Å². The van der Waals surface area contributed by atoms with E-state index in [0.29, 0.717) is 48.0 Å². The molecule has 32 heavy (non-hydrogen) atoms. The molecule has 6 nitrogen and oxygen atoms in total. The van der Waals surface area contributed by atoms with Crippen LogP contribution in [0.3, 0.4) is 0 Å². The summed E-state index contributed by atoms with van der Waals surface area (Å²) in [7, 11) is 0. The topological polar surface area (TPSA) is 94.0 Å². The maximum atomic E-state index is 9.38. The molecule has 1 aliphatic rings. The van der Waals surface area contributed by atoms with Crippen molar-refractivity contribution in [2.24, 2.45) is 11.7 Å². The molecule has 0 aliphatic heterocycles. The van der Waals surface area contributed by atoms with E-state index in [2.05, 4.69) is 28.2 Å². The van der Waals surface area contributed by atoms with Crippen LogP contribution < -0.4 is 15.2 Å². The minimum absolute atomic E-state index is 0.398. The second-order valence-electron chi connectivity index (χ2n) is 8.21. The van der Waals surface area contributed by atoms with Gasteiger partial charge >= 0.3 is 0 Å². The molecule has 0 radical (unpaired) electrons. The average molecular weight is 429 g/mol. The lowest BCUT2D eigenvalue weighted by Gasteiger charge is -2.14. The smallest absolute Gasteiger partial charge is 0.226 e. The van der Waals surface area contributed by atoms with Crippen molar-refractivity contribution in [2.45, 2.75) is 39.0 Å². The van der Waals surface area contributed by atoms with Gasteiger partial charge in [0.1, 0.15) is 11.6 Å². The van der Waals surface area contributed by atoms with Gasteiger partial charge in [-0.25, -0.2) is 0 Å². The standard InChI is InChI=1S/C26H28N4O2/c1-18-29-25(31-17-20-4-2-3-5-20)15-26(30-18)32-24-14-21(16-28)8-11-23(24)22-9-6-19(7-10-22)12-13-27/h6-11,14-15,20H,2-5,12-13,17,27H2,1H3. The summed E-state index contributed by atoms with van der Waals surface area (Å²) in [5, 5.41) is 9.38.